The molecule has 9 nitrogen and oxygen atoms in total. The molecule has 1 fully saturated rings. The topological polar surface area (TPSA) is 107 Å². The van der Waals surface area contributed by atoms with Crippen LogP contribution in [0, 0.1) is 0 Å². The summed E-state index contributed by atoms with van der Waals surface area (Å²) in [4.78, 5) is 25.9. The van der Waals surface area contributed by atoms with Crippen molar-refractivity contribution in [1.29, 1.82) is 0 Å². The number of nitrogens with one attached hydrogen (secondary N) is 1. The summed E-state index contributed by atoms with van der Waals surface area (Å²) in [6.07, 6.45) is 1.71. The number of hydrogen-bond donors (Lipinski definition) is 2. The number of likely N-dealkylation sites (tertiary alicyclic amines) is 1. The van der Waals surface area contributed by atoms with Crippen LogP contribution in [0.1, 0.15) is 28.8 Å². The number of aliphatic hydroxyl groups excluding tert-OH is 1. The maximum atomic E-state index is 12.3. The molecular formula is C26H30Cl2N2O7. The van der Waals surface area contributed by atoms with Crippen LogP contribution < -0.4 is 19.5 Å². The first kappa shape index (κ1) is 27.3. The molecule has 2 heterocycles. The molecule has 0 saturated carbocycles. The number of β-amino-alcohol motifs (C(OH)–C–C–N with tert-alkyl or cyclic N) is 1. The standard InChI is InChI=1S/C26H30Cl2N2O7/c1-29-25(33)19-10-20(28)23(36-15-24(32)34-2)11-22(19)35-14-18(31)13-30-7-5-26(6-8-30)12-16-9-17(27)3-4-21(16)37-26/h3-4,9-11,18,31H,5-8,12-15H2,1-2H3,(H,29,33)/t18-/m0/s1. The van der Waals surface area contributed by atoms with Gasteiger partial charge in [0.2, 0.25) is 0 Å². The molecule has 0 aromatic heterocycles. The van der Waals surface area contributed by atoms with Crippen LogP contribution in [0.3, 0.4) is 0 Å². The summed E-state index contributed by atoms with van der Waals surface area (Å²) in [5.41, 5.74) is 1.10. The molecule has 0 bridgehead atoms. The SMILES string of the molecule is CNC(=O)c1cc(Cl)c(OCC(=O)OC)cc1OC[C@@H](O)CN1CCC2(CC1)Cc1cc(Cl)ccc1O2. The smallest absolute Gasteiger partial charge is 0.343 e. The molecule has 0 aliphatic carbocycles. The molecule has 2 aromatic carbocycles. The van der Waals surface area contributed by atoms with Gasteiger partial charge in [0.15, 0.2) is 6.61 Å². The van der Waals surface area contributed by atoms with Crippen molar-refractivity contribution in [3.63, 3.8) is 0 Å². The minimum absolute atomic E-state index is 0.0514. The maximum Gasteiger partial charge on any atom is 0.343 e. The van der Waals surface area contributed by atoms with E-state index in [0.29, 0.717) is 11.6 Å². The van der Waals surface area contributed by atoms with Crippen molar-refractivity contribution in [2.75, 3.05) is 47.0 Å². The lowest BCUT2D eigenvalue weighted by molar-refractivity contribution is -0.142. The van der Waals surface area contributed by atoms with E-state index in [-0.39, 0.29) is 40.9 Å². The second-order valence-electron chi connectivity index (χ2n) is 9.20. The number of esters is 1. The van der Waals surface area contributed by atoms with Crippen LogP contribution in [-0.2, 0) is 16.0 Å². The van der Waals surface area contributed by atoms with Gasteiger partial charge in [-0.15, -0.1) is 0 Å². The van der Waals surface area contributed by atoms with Crippen molar-refractivity contribution in [3.05, 3.63) is 51.5 Å². The summed E-state index contributed by atoms with van der Waals surface area (Å²) in [7, 11) is 2.73. The fraction of sp³-hybridized carbons (Fsp3) is 0.462. The molecule has 2 aliphatic heterocycles. The highest BCUT2D eigenvalue weighted by Crippen LogP contribution is 2.42. The Bertz CT molecular complexity index is 1150. The molecule has 1 saturated heterocycles. The number of hydrogen-bond acceptors (Lipinski definition) is 8. The molecule has 0 unspecified atom stereocenters. The van der Waals surface area contributed by atoms with Crippen LogP contribution in [0.15, 0.2) is 30.3 Å². The average molecular weight is 553 g/mol. The average Bonchev–Trinajstić information content (AvgIpc) is 3.24. The van der Waals surface area contributed by atoms with Gasteiger partial charge in [-0.2, -0.15) is 0 Å². The van der Waals surface area contributed by atoms with Gasteiger partial charge in [0.25, 0.3) is 5.91 Å². The molecule has 2 N–H and O–H groups in total. The number of carbonyl (C=O) groups excluding carboxylic acids is 2. The fourth-order valence-electron chi connectivity index (χ4n) is 4.63. The van der Waals surface area contributed by atoms with Gasteiger partial charge in [-0.05, 0) is 29.8 Å². The van der Waals surface area contributed by atoms with Gasteiger partial charge in [-0.25, -0.2) is 4.79 Å². The van der Waals surface area contributed by atoms with Gasteiger partial charge < -0.3 is 34.3 Å². The number of nitrogens with zero attached hydrogens (tertiary/aromatic N) is 1. The number of methoxy groups -OCH3 is 1. The van der Waals surface area contributed by atoms with Crippen LogP contribution in [0.2, 0.25) is 10.0 Å². The van der Waals surface area contributed by atoms with E-state index in [4.69, 9.17) is 37.4 Å². The predicted octanol–water partition coefficient (Wildman–Crippen LogP) is 3.11. The van der Waals surface area contributed by atoms with Gasteiger partial charge in [0.1, 0.15) is 35.6 Å². The van der Waals surface area contributed by atoms with Gasteiger partial charge in [0.05, 0.1) is 17.7 Å². The Labute approximate surface area is 225 Å². The van der Waals surface area contributed by atoms with E-state index >= 15 is 0 Å². The molecule has 1 amide bonds. The van der Waals surface area contributed by atoms with E-state index in [0.717, 1.165) is 43.7 Å². The number of piperidine rings is 1. The lowest BCUT2D eigenvalue weighted by atomic mass is 9.87. The molecule has 4 rings (SSSR count). The minimum Gasteiger partial charge on any atom is -0.490 e. The number of fused-ring (bicyclic) bond motifs is 1. The Morgan fingerprint density at radius 2 is 1.92 bits per heavy atom. The van der Waals surface area contributed by atoms with Crippen molar-refractivity contribution in [2.45, 2.75) is 31.0 Å². The number of benzene rings is 2. The Hall–Kier alpha value is -2.72. The highest BCUT2D eigenvalue weighted by atomic mass is 35.5. The van der Waals surface area contributed by atoms with Crippen LogP contribution in [0.4, 0.5) is 0 Å². The molecule has 1 atom stereocenters. The van der Waals surface area contributed by atoms with Crippen molar-refractivity contribution in [1.82, 2.24) is 10.2 Å². The van der Waals surface area contributed by atoms with E-state index < -0.39 is 18.0 Å². The molecule has 37 heavy (non-hydrogen) atoms. The van der Waals surface area contributed by atoms with Crippen molar-refractivity contribution in [3.8, 4) is 17.2 Å². The Morgan fingerprint density at radius 1 is 1.16 bits per heavy atom. The molecule has 0 radical (unpaired) electrons. The number of amides is 1. The first-order valence-corrected chi connectivity index (χ1v) is 12.7. The van der Waals surface area contributed by atoms with Gasteiger partial charge in [0, 0.05) is 57.0 Å². The summed E-state index contributed by atoms with van der Waals surface area (Å²) in [5, 5.41) is 14.1. The summed E-state index contributed by atoms with van der Waals surface area (Å²) in [5.74, 6) is 0.242. The number of rotatable bonds is 9. The Morgan fingerprint density at radius 3 is 2.62 bits per heavy atom. The van der Waals surface area contributed by atoms with Gasteiger partial charge in [-0.1, -0.05) is 23.2 Å². The third-order valence-electron chi connectivity index (χ3n) is 6.61. The number of halogens is 2. The first-order chi connectivity index (χ1) is 17.7. The third-order valence-corrected chi connectivity index (χ3v) is 7.14. The quantitative estimate of drug-likeness (QED) is 0.457. The molecule has 11 heteroatoms. The summed E-state index contributed by atoms with van der Waals surface area (Å²) in [6, 6.07) is 8.56. The lowest BCUT2D eigenvalue weighted by Crippen LogP contribution is -2.49. The van der Waals surface area contributed by atoms with E-state index in [9.17, 15) is 14.7 Å². The normalized spacial score (nSPS) is 17.0. The van der Waals surface area contributed by atoms with Crippen LogP contribution in [0.25, 0.3) is 0 Å². The van der Waals surface area contributed by atoms with E-state index in [2.05, 4.69) is 15.0 Å². The fourth-order valence-corrected chi connectivity index (χ4v) is 5.05. The summed E-state index contributed by atoms with van der Waals surface area (Å²) >= 11 is 12.4. The summed E-state index contributed by atoms with van der Waals surface area (Å²) < 4.78 is 22.1. The second-order valence-corrected chi connectivity index (χ2v) is 10.0. The second kappa shape index (κ2) is 11.8. The Kier molecular flexibility index (Phi) is 8.69. The van der Waals surface area contributed by atoms with Crippen molar-refractivity contribution >= 4 is 35.1 Å². The largest absolute Gasteiger partial charge is 0.490 e. The van der Waals surface area contributed by atoms with Crippen molar-refractivity contribution < 1.29 is 33.6 Å². The van der Waals surface area contributed by atoms with Gasteiger partial charge >= 0.3 is 5.97 Å². The minimum atomic E-state index is -0.804. The number of aliphatic hydroxyl groups is 1. The molecular weight excluding hydrogens is 523 g/mol. The van der Waals surface area contributed by atoms with Crippen LogP contribution in [-0.4, -0.2) is 80.6 Å². The lowest BCUT2D eigenvalue weighted by Gasteiger charge is -2.39. The zero-order valence-electron chi connectivity index (χ0n) is 20.7. The molecule has 2 aromatic rings. The van der Waals surface area contributed by atoms with E-state index in [1.165, 1.54) is 26.3 Å². The van der Waals surface area contributed by atoms with Crippen LogP contribution >= 0.6 is 23.2 Å². The van der Waals surface area contributed by atoms with E-state index in [1.54, 1.807) is 0 Å². The van der Waals surface area contributed by atoms with Crippen molar-refractivity contribution in [2.24, 2.45) is 0 Å². The molecule has 200 valence electrons. The molecule has 1 spiro atoms. The third kappa shape index (κ3) is 6.59. The van der Waals surface area contributed by atoms with E-state index in [1.807, 2.05) is 18.2 Å². The molecule has 2 aliphatic rings. The number of ether oxygens (including phenoxy) is 4. The first-order valence-electron chi connectivity index (χ1n) is 12.0. The number of carbonyl (C=O) groups is 2. The zero-order chi connectivity index (χ0) is 26.6. The highest BCUT2D eigenvalue weighted by Gasteiger charge is 2.42. The highest BCUT2D eigenvalue weighted by molar-refractivity contribution is 6.32. The predicted molar refractivity (Wildman–Crippen MR) is 138 cm³/mol. The maximum absolute atomic E-state index is 12.3. The Balaban J connectivity index is 1.33. The van der Waals surface area contributed by atoms with Crippen LogP contribution in [0.5, 0.6) is 17.2 Å². The van der Waals surface area contributed by atoms with Gasteiger partial charge in [-0.3, -0.25) is 4.79 Å². The summed E-state index contributed by atoms with van der Waals surface area (Å²) in [6.45, 7) is 1.55. The monoisotopic (exact) mass is 552 g/mol. The zero-order valence-corrected chi connectivity index (χ0v) is 22.2.